The first-order chi connectivity index (χ1) is 25.3. The molecule has 0 aliphatic carbocycles. The molecule has 0 atom stereocenters. The third-order valence-corrected chi connectivity index (χ3v) is 11.4. The van der Waals surface area contributed by atoms with Crippen LogP contribution in [0.4, 0.5) is 0 Å². The minimum absolute atomic E-state index is 1.02. The van der Waals surface area contributed by atoms with Crippen molar-refractivity contribution in [3.8, 4) is 33.6 Å². The van der Waals surface area contributed by atoms with E-state index < -0.39 is 0 Å². The highest BCUT2D eigenvalue weighted by Crippen LogP contribution is 2.39. The lowest BCUT2D eigenvalue weighted by atomic mass is 10.0. The zero-order chi connectivity index (χ0) is 33.5. The molecule has 0 saturated heterocycles. The van der Waals surface area contributed by atoms with Crippen molar-refractivity contribution in [3.05, 3.63) is 170 Å². The summed E-state index contributed by atoms with van der Waals surface area (Å²) >= 11 is 1.74. The number of nitrogens with zero attached hydrogens (tertiary/aromatic N) is 4. The minimum Gasteiger partial charge on any atom is -0.309 e. The Morgan fingerprint density at radius 1 is 0.392 bits per heavy atom. The Hall–Kier alpha value is -6.56. The highest BCUT2D eigenvalue weighted by Gasteiger charge is 2.16. The number of rotatable bonds is 4. The van der Waals surface area contributed by atoms with Gasteiger partial charge in [-0.3, -0.25) is 0 Å². The summed E-state index contributed by atoms with van der Waals surface area (Å²) in [6.07, 6.45) is 3.54. The van der Waals surface area contributed by atoms with Crippen molar-refractivity contribution in [2.45, 2.75) is 0 Å². The van der Waals surface area contributed by atoms with Gasteiger partial charge in [-0.25, -0.2) is 9.97 Å². The maximum absolute atomic E-state index is 4.57. The summed E-state index contributed by atoms with van der Waals surface area (Å²) in [5.74, 6) is 0. The van der Waals surface area contributed by atoms with Gasteiger partial charge in [0.2, 0.25) is 0 Å². The van der Waals surface area contributed by atoms with Crippen LogP contribution >= 0.6 is 11.3 Å². The Morgan fingerprint density at radius 2 is 0.902 bits per heavy atom. The summed E-state index contributed by atoms with van der Waals surface area (Å²) in [7, 11) is 0. The van der Waals surface area contributed by atoms with Crippen molar-refractivity contribution in [2.24, 2.45) is 0 Å². The second kappa shape index (κ2) is 11.0. The van der Waals surface area contributed by atoms with Gasteiger partial charge in [0.05, 0.1) is 32.3 Å². The fourth-order valence-corrected chi connectivity index (χ4v) is 8.95. The van der Waals surface area contributed by atoms with Gasteiger partial charge in [0.1, 0.15) is 6.33 Å². The van der Waals surface area contributed by atoms with Gasteiger partial charge in [0.25, 0.3) is 0 Å². The van der Waals surface area contributed by atoms with E-state index in [1.54, 1.807) is 17.7 Å². The Kier molecular flexibility index (Phi) is 6.09. The average Bonchev–Trinajstić information content (AvgIpc) is 3.85. The molecule has 0 aliphatic rings. The Morgan fingerprint density at radius 3 is 1.57 bits per heavy atom. The van der Waals surface area contributed by atoms with Crippen LogP contribution in [-0.2, 0) is 0 Å². The maximum atomic E-state index is 4.57. The summed E-state index contributed by atoms with van der Waals surface area (Å²) in [6.45, 7) is 0. The topological polar surface area (TPSA) is 35.6 Å². The SMILES string of the molecule is c1ccc(-n2c3ccccc3c3cc(-c4ccc5c(c4)c4ccccc4n5-c4ccc(-c5ccc6sc7cncnc7c6c5)cc4)ccc32)cc1. The lowest BCUT2D eigenvalue weighted by molar-refractivity contribution is 1.18. The largest absolute Gasteiger partial charge is 0.309 e. The molecule has 4 nitrogen and oxygen atoms in total. The van der Waals surface area contributed by atoms with E-state index in [0.717, 1.165) is 15.9 Å². The molecule has 11 rings (SSSR count). The molecular weight excluding hydrogens is 641 g/mol. The number of hydrogen-bond donors (Lipinski definition) is 0. The van der Waals surface area contributed by atoms with E-state index in [-0.39, 0.29) is 0 Å². The normalized spacial score (nSPS) is 11.9. The van der Waals surface area contributed by atoms with Crippen LogP contribution in [0.25, 0.3) is 97.5 Å². The van der Waals surface area contributed by atoms with Gasteiger partial charge in [-0.1, -0.05) is 84.9 Å². The fourth-order valence-electron chi connectivity index (χ4n) is 7.94. The van der Waals surface area contributed by atoms with E-state index in [2.05, 4.69) is 177 Å². The van der Waals surface area contributed by atoms with Crippen molar-refractivity contribution < 1.29 is 0 Å². The molecule has 11 aromatic rings. The van der Waals surface area contributed by atoms with E-state index in [1.807, 2.05) is 6.20 Å². The molecule has 4 aromatic heterocycles. The van der Waals surface area contributed by atoms with Crippen molar-refractivity contribution >= 4 is 75.3 Å². The van der Waals surface area contributed by atoms with Gasteiger partial charge < -0.3 is 9.13 Å². The van der Waals surface area contributed by atoms with Crippen LogP contribution in [0.1, 0.15) is 0 Å². The maximum Gasteiger partial charge on any atom is 0.116 e. The Balaban J connectivity index is 1.02. The van der Waals surface area contributed by atoms with E-state index in [0.29, 0.717) is 0 Å². The molecule has 51 heavy (non-hydrogen) atoms. The first-order valence-corrected chi connectivity index (χ1v) is 18.0. The quantitative estimate of drug-likeness (QED) is 0.187. The molecule has 0 radical (unpaired) electrons. The second-order valence-corrected chi connectivity index (χ2v) is 14.2. The van der Waals surface area contributed by atoms with Crippen LogP contribution in [0.5, 0.6) is 0 Å². The molecule has 7 aromatic carbocycles. The minimum atomic E-state index is 1.02. The van der Waals surface area contributed by atoms with Gasteiger partial charge in [-0.15, -0.1) is 11.3 Å². The fraction of sp³-hybridized carbons (Fsp3) is 0. The smallest absolute Gasteiger partial charge is 0.116 e. The molecular formula is C46H28N4S. The highest BCUT2D eigenvalue weighted by molar-refractivity contribution is 7.25. The number of benzene rings is 7. The summed E-state index contributed by atoms with van der Waals surface area (Å²) in [5, 5.41) is 6.19. The van der Waals surface area contributed by atoms with E-state index in [9.17, 15) is 0 Å². The van der Waals surface area contributed by atoms with E-state index >= 15 is 0 Å². The first-order valence-electron chi connectivity index (χ1n) is 17.1. The van der Waals surface area contributed by atoms with Gasteiger partial charge in [0, 0.05) is 49.2 Å². The standard InChI is InChI=1S/C46H28N4S/c1-2-8-33(9-3-1)49-40-12-6-4-10-35(40)37-24-31(16-21-42(37)49)32-17-22-43-38(25-32)36-11-5-7-13-41(36)50(43)34-19-14-29(15-20-34)30-18-23-44-39(26-30)46-45(51-44)27-47-28-48-46/h1-28H. The number of thiophene rings is 1. The molecule has 0 saturated carbocycles. The van der Waals surface area contributed by atoms with Crippen LogP contribution in [0.15, 0.2) is 170 Å². The number of aromatic nitrogens is 4. The molecule has 0 amide bonds. The summed E-state index contributed by atoms with van der Waals surface area (Å²) in [4.78, 5) is 8.78. The average molecular weight is 669 g/mol. The van der Waals surface area contributed by atoms with Crippen molar-refractivity contribution in [2.75, 3.05) is 0 Å². The number of fused-ring (bicyclic) bond motifs is 9. The first kappa shape index (κ1) is 28.3. The van der Waals surface area contributed by atoms with Crippen molar-refractivity contribution in [1.82, 2.24) is 19.1 Å². The van der Waals surface area contributed by atoms with Gasteiger partial charge >= 0.3 is 0 Å². The summed E-state index contributed by atoms with van der Waals surface area (Å²) in [5.41, 5.74) is 12.9. The second-order valence-electron chi connectivity index (χ2n) is 13.1. The van der Waals surface area contributed by atoms with Gasteiger partial charge in [-0.05, 0) is 95.1 Å². The number of para-hydroxylation sites is 3. The summed E-state index contributed by atoms with van der Waals surface area (Å²) < 4.78 is 7.11. The molecule has 0 spiro atoms. The lowest BCUT2D eigenvalue weighted by Gasteiger charge is -2.10. The van der Waals surface area contributed by atoms with Crippen LogP contribution in [0.3, 0.4) is 0 Å². The third kappa shape index (κ3) is 4.32. The Labute approximate surface area is 297 Å². The highest BCUT2D eigenvalue weighted by atomic mass is 32.1. The molecule has 0 unspecified atom stereocenters. The van der Waals surface area contributed by atoms with Gasteiger partial charge in [-0.2, -0.15) is 0 Å². The molecule has 0 aliphatic heterocycles. The lowest BCUT2D eigenvalue weighted by Crippen LogP contribution is -1.94. The Bertz CT molecular complexity index is 3130. The van der Waals surface area contributed by atoms with Crippen LogP contribution in [0.2, 0.25) is 0 Å². The van der Waals surface area contributed by atoms with Crippen LogP contribution in [0, 0.1) is 0 Å². The predicted molar refractivity (Wildman–Crippen MR) is 214 cm³/mol. The predicted octanol–water partition coefficient (Wildman–Crippen LogP) is 12.4. The zero-order valence-corrected chi connectivity index (χ0v) is 28.2. The number of hydrogen-bond acceptors (Lipinski definition) is 3. The zero-order valence-electron chi connectivity index (χ0n) is 27.4. The monoisotopic (exact) mass is 668 g/mol. The van der Waals surface area contributed by atoms with Crippen molar-refractivity contribution in [1.29, 1.82) is 0 Å². The van der Waals surface area contributed by atoms with E-state index in [1.165, 1.54) is 81.6 Å². The van der Waals surface area contributed by atoms with Crippen LogP contribution < -0.4 is 0 Å². The van der Waals surface area contributed by atoms with E-state index in [4.69, 9.17) is 0 Å². The molecule has 0 N–H and O–H groups in total. The summed E-state index contributed by atoms with van der Waals surface area (Å²) in [6, 6.07) is 57.5. The third-order valence-electron chi connectivity index (χ3n) is 10.3. The van der Waals surface area contributed by atoms with Crippen molar-refractivity contribution in [3.63, 3.8) is 0 Å². The molecule has 238 valence electrons. The molecule has 0 fully saturated rings. The molecule has 5 heteroatoms. The van der Waals surface area contributed by atoms with Gasteiger partial charge in [0.15, 0.2) is 0 Å². The molecule has 0 bridgehead atoms. The van der Waals surface area contributed by atoms with Crippen LogP contribution in [-0.4, -0.2) is 19.1 Å². The molecule has 4 heterocycles.